The van der Waals surface area contributed by atoms with Crippen molar-refractivity contribution in [2.24, 2.45) is 5.92 Å². The van der Waals surface area contributed by atoms with Crippen molar-refractivity contribution < 1.29 is 18.0 Å². The molecule has 1 aliphatic rings. The van der Waals surface area contributed by atoms with Crippen LogP contribution in [0.4, 0.5) is 18.9 Å². The van der Waals surface area contributed by atoms with Crippen LogP contribution in [0.1, 0.15) is 31.2 Å². The Balaban J connectivity index is 2.07. The maximum atomic E-state index is 12.6. The van der Waals surface area contributed by atoms with Crippen LogP contribution in [0.25, 0.3) is 0 Å². The van der Waals surface area contributed by atoms with Crippen molar-refractivity contribution in [3.8, 4) is 0 Å². The number of anilines is 1. The van der Waals surface area contributed by atoms with E-state index >= 15 is 0 Å². The lowest BCUT2D eigenvalue weighted by Crippen LogP contribution is -2.21. The third-order valence-corrected chi connectivity index (χ3v) is 3.96. The molecule has 0 spiro atoms. The second kappa shape index (κ2) is 5.53. The highest BCUT2D eigenvalue weighted by atomic mass is 79.9. The summed E-state index contributed by atoms with van der Waals surface area (Å²) in [5.41, 5.74) is -0.603. The minimum atomic E-state index is -4.41. The van der Waals surface area contributed by atoms with Gasteiger partial charge in [-0.05, 0) is 52.9 Å². The van der Waals surface area contributed by atoms with Gasteiger partial charge in [-0.1, -0.05) is 6.42 Å². The Morgan fingerprint density at radius 3 is 2.58 bits per heavy atom. The quantitative estimate of drug-likeness (QED) is 0.859. The number of hydrogen-bond donors (Lipinski definition) is 1. The molecule has 0 bridgehead atoms. The zero-order valence-electron chi connectivity index (χ0n) is 10.1. The van der Waals surface area contributed by atoms with Crippen molar-refractivity contribution in [2.75, 3.05) is 5.32 Å². The average molecular weight is 336 g/mol. The molecule has 0 aliphatic heterocycles. The lowest BCUT2D eigenvalue weighted by Gasteiger charge is -2.24. The van der Waals surface area contributed by atoms with Crippen LogP contribution in [-0.4, -0.2) is 5.91 Å². The zero-order valence-corrected chi connectivity index (χ0v) is 11.6. The summed E-state index contributed by atoms with van der Waals surface area (Å²) < 4.78 is 38.2. The van der Waals surface area contributed by atoms with Crippen LogP contribution >= 0.6 is 15.9 Å². The first-order valence-electron chi connectivity index (χ1n) is 6.03. The van der Waals surface area contributed by atoms with Gasteiger partial charge in [-0.3, -0.25) is 4.79 Å². The van der Waals surface area contributed by atoms with Crippen molar-refractivity contribution in [1.29, 1.82) is 0 Å². The number of carbonyl (C=O) groups excluding carboxylic acids is 1. The average Bonchev–Trinajstić information content (AvgIpc) is 2.25. The highest BCUT2D eigenvalue weighted by Gasteiger charge is 2.31. The zero-order chi connectivity index (χ0) is 14.0. The Morgan fingerprint density at radius 1 is 1.37 bits per heavy atom. The summed E-state index contributed by atoms with van der Waals surface area (Å²) in [5.74, 6) is 0.147. The van der Waals surface area contributed by atoms with E-state index in [1.165, 1.54) is 6.07 Å². The molecule has 19 heavy (non-hydrogen) atoms. The molecule has 6 heteroatoms. The molecule has 0 aromatic heterocycles. The Bertz CT molecular complexity index is 483. The molecule has 2 rings (SSSR count). The Kier molecular flexibility index (Phi) is 4.18. The van der Waals surface area contributed by atoms with Gasteiger partial charge in [0.05, 0.1) is 11.3 Å². The molecule has 1 amide bonds. The fraction of sp³-hybridized carbons (Fsp3) is 0.462. The summed E-state index contributed by atoms with van der Waals surface area (Å²) in [6.45, 7) is 0. The fourth-order valence-electron chi connectivity index (χ4n) is 1.96. The van der Waals surface area contributed by atoms with E-state index in [0.717, 1.165) is 31.4 Å². The number of carbonyl (C=O) groups is 1. The number of rotatable bonds is 3. The molecule has 0 unspecified atom stereocenters. The number of hydrogen-bond acceptors (Lipinski definition) is 1. The summed E-state index contributed by atoms with van der Waals surface area (Å²) >= 11 is 3.14. The molecule has 0 radical (unpaired) electrons. The second-order valence-corrected chi connectivity index (χ2v) is 5.60. The molecule has 1 N–H and O–H groups in total. The molecular formula is C13H13BrF3NO. The largest absolute Gasteiger partial charge is 0.416 e. The van der Waals surface area contributed by atoms with Crippen LogP contribution in [0.15, 0.2) is 22.7 Å². The number of nitrogens with one attached hydrogen (secondary N) is 1. The molecular weight excluding hydrogens is 323 g/mol. The first-order valence-corrected chi connectivity index (χ1v) is 6.82. The number of benzene rings is 1. The van der Waals surface area contributed by atoms with E-state index in [2.05, 4.69) is 21.2 Å². The highest BCUT2D eigenvalue weighted by molar-refractivity contribution is 9.10. The maximum absolute atomic E-state index is 12.6. The van der Waals surface area contributed by atoms with E-state index in [9.17, 15) is 18.0 Å². The van der Waals surface area contributed by atoms with Crippen LogP contribution in [0.2, 0.25) is 0 Å². The molecule has 0 atom stereocenters. The standard InChI is InChI=1S/C13H13BrF3NO/c14-10-5-4-9(13(15,16)17)7-11(10)18-12(19)6-8-2-1-3-8/h4-5,7-8H,1-3,6H2,(H,18,19). The highest BCUT2D eigenvalue weighted by Crippen LogP contribution is 2.34. The summed E-state index contributed by atoms with van der Waals surface area (Å²) in [7, 11) is 0. The van der Waals surface area contributed by atoms with Crippen molar-refractivity contribution in [3.05, 3.63) is 28.2 Å². The number of halogens is 4. The van der Waals surface area contributed by atoms with E-state index in [1.54, 1.807) is 0 Å². The lowest BCUT2D eigenvalue weighted by molar-refractivity contribution is -0.137. The van der Waals surface area contributed by atoms with Crippen LogP contribution < -0.4 is 5.32 Å². The van der Waals surface area contributed by atoms with E-state index in [-0.39, 0.29) is 11.6 Å². The van der Waals surface area contributed by atoms with Crippen molar-refractivity contribution >= 4 is 27.5 Å². The normalized spacial score (nSPS) is 16.0. The molecule has 0 heterocycles. The Morgan fingerprint density at radius 2 is 2.05 bits per heavy atom. The Labute approximate surface area is 117 Å². The van der Waals surface area contributed by atoms with Gasteiger partial charge < -0.3 is 5.32 Å². The van der Waals surface area contributed by atoms with E-state index in [4.69, 9.17) is 0 Å². The van der Waals surface area contributed by atoms with Crippen molar-refractivity contribution in [3.63, 3.8) is 0 Å². The van der Waals surface area contributed by atoms with Gasteiger partial charge in [-0.25, -0.2) is 0 Å². The van der Waals surface area contributed by atoms with Gasteiger partial charge in [0.15, 0.2) is 0 Å². The second-order valence-electron chi connectivity index (χ2n) is 4.74. The molecule has 1 aromatic carbocycles. The Hall–Kier alpha value is -1.04. The maximum Gasteiger partial charge on any atom is 0.416 e. The summed E-state index contributed by atoms with van der Waals surface area (Å²) in [6.07, 6.45) is -0.851. The van der Waals surface area contributed by atoms with E-state index in [0.29, 0.717) is 16.8 Å². The van der Waals surface area contributed by atoms with Crippen molar-refractivity contribution in [1.82, 2.24) is 0 Å². The molecule has 1 aromatic rings. The SMILES string of the molecule is O=C(CC1CCC1)Nc1cc(C(F)(F)F)ccc1Br. The van der Waals surface area contributed by atoms with Gasteiger partial charge in [0, 0.05) is 10.9 Å². The smallest absolute Gasteiger partial charge is 0.325 e. The number of alkyl halides is 3. The predicted molar refractivity (Wildman–Crippen MR) is 69.7 cm³/mol. The van der Waals surface area contributed by atoms with Gasteiger partial charge in [-0.15, -0.1) is 0 Å². The molecule has 1 aliphatic carbocycles. The van der Waals surface area contributed by atoms with E-state index in [1.807, 2.05) is 0 Å². The third kappa shape index (κ3) is 3.72. The van der Waals surface area contributed by atoms with Gasteiger partial charge in [0.2, 0.25) is 5.91 Å². The lowest BCUT2D eigenvalue weighted by atomic mass is 9.83. The minimum Gasteiger partial charge on any atom is -0.325 e. The molecule has 2 nitrogen and oxygen atoms in total. The molecule has 1 fully saturated rings. The van der Waals surface area contributed by atoms with Gasteiger partial charge in [0.1, 0.15) is 0 Å². The van der Waals surface area contributed by atoms with Crippen LogP contribution in [0, 0.1) is 5.92 Å². The fourth-order valence-corrected chi connectivity index (χ4v) is 2.30. The first kappa shape index (κ1) is 14.4. The molecule has 0 saturated heterocycles. The summed E-state index contributed by atoms with van der Waals surface area (Å²) in [5, 5.41) is 2.54. The van der Waals surface area contributed by atoms with Crippen molar-refractivity contribution in [2.45, 2.75) is 31.9 Å². The number of amides is 1. The summed E-state index contributed by atoms with van der Waals surface area (Å²) in [6, 6.07) is 3.22. The van der Waals surface area contributed by atoms with Crippen LogP contribution in [0.5, 0.6) is 0 Å². The summed E-state index contributed by atoms with van der Waals surface area (Å²) in [4.78, 5) is 11.7. The predicted octanol–water partition coefficient (Wildman–Crippen LogP) is 4.60. The molecule has 1 saturated carbocycles. The van der Waals surface area contributed by atoms with Crippen LogP contribution in [-0.2, 0) is 11.0 Å². The van der Waals surface area contributed by atoms with E-state index < -0.39 is 11.7 Å². The monoisotopic (exact) mass is 335 g/mol. The first-order chi connectivity index (χ1) is 8.86. The topological polar surface area (TPSA) is 29.1 Å². The minimum absolute atomic E-state index is 0.166. The van der Waals surface area contributed by atoms with Gasteiger partial charge in [0.25, 0.3) is 0 Å². The van der Waals surface area contributed by atoms with Gasteiger partial charge >= 0.3 is 6.18 Å². The molecule has 104 valence electrons. The van der Waals surface area contributed by atoms with Crippen LogP contribution in [0.3, 0.4) is 0 Å². The van der Waals surface area contributed by atoms with Gasteiger partial charge in [-0.2, -0.15) is 13.2 Å². The third-order valence-electron chi connectivity index (χ3n) is 3.27.